The normalized spacial score (nSPS) is 11.4. The van der Waals surface area contributed by atoms with Crippen LogP contribution in [-0.2, 0) is 6.42 Å². The Morgan fingerprint density at radius 1 is 1.17 bits per heavy atom. The summed E-state index contributed by atoms with van der Waals surface area (Å²) >= 11 is 0. The van der Waals surface area contributed by atoms with Gasteiger partial charge in [-0.1, -0.05) is 27.4 Å². The van der Waals surface area contributed by atoms with Gasteiger partial charge < -0.3 is 4.57 Å². The molecule has 0 aliphatic carbocycles. The Labute approximate surface area is 144 Å². The van der Waals surface area contributed by atoms with E-state index in [1.165, 1.54) is 0 Å². The zero-order chi connectivity index (χ0) is 17.4. The van der Waals surface area contributed by atoms with Gasteiger partial charge in [-0.3, -0.25) is 4.98 Å². The van der Waals surface area contributed by atoms with Gasteiger partial charge in [0.05, 0.1) is 16.7 Å². The molecule has 0 saturated carbocycles. The number of hydrogen-bond donors (Lipinski definition) is 0. The summed E-state index contributed by atoms with van der Waals surface area (Å²) in [5.41, 5.74) is 8.91. The fourth-order valence-corrected chi connectivity index (χ4v) is 3.17. The van der Waals surface area contributed by atoms with Crippen molar-refractivity contribution in [1.82, 2.24) is 14.5 Å². The molecule has 3 rings (SSSR count). The number of pyridine rings is 2. The molecule has 0 atom stereocenters. The molecule has 0 aliphatic heterocycles. The molecule has 3 aromatic rings. The summed E-state index contributed by atoms with van der Waals surface area (Å²) < 4.78 is 2.04. The summed E-state index contributed by atoms with van der Waals surface area (Å²) in [5, 5.41) is 0. The molecule has 124 valence electrons. The summed E-state index contributed by atoms with van der Waals surface area (Å²) in [6.07, 6.45) is 4.81. The van der Waals surface area contributed by atoms with Crippen LogP contribution in [0.1, 0.15) is 49.2 Å². The highest BCUT2D eigenvalue weighted by molar-refractivity contribution is 5.85. The third-order valence-corrected chi connectivity index (χ3v) is 4.55. The van der Waals surface area contributed by atoms with Crippen LogP contribution in [0.2, 0.25) is 0 Å². The van der Waals surface area contributed by atoms with E-state index < -0.39 is 0 Å². The topological polar surface area (TPSA) is 30.7 Å². The lowest BCUT2D eigenvalue weighted by molar-refractivity contribution is 0.807. The highest BCUT2D eigenvalue weighted by atomic mass is 15.0. The van der Waals surface area contributed by atoms with Crippen LogP contribution in [0.15, 0.2) is 31.0 Å². The second-order valence-electron chi connectivity index (χ2n) is 6.66. The number of aromatic nitrogens is 3. The minimum Gasteiger partial charge on any atom is -0.322 e. The van der Waals surface area contributed by atoms with Crippen LogP contribution in [0, 0.1) is 13.8 Å². The van der Waals surface area contributed by atoms with Crippen molar-refractivity contribution >= 4 is 17.2 Å². The fourth-order valence-electron chi connectivity index (χ4n) is 3.17. The van der Waals surface area contributed by atoms with E-state index in [0.29, 0.717) is 5.92 Å². The lowest BCUT2D eigenvalue weighted by Crippen LogP contribution is -2.01. The first-order valence-corrected chi connectivity index (χ1v) is 8.57. The summed E-state index contributed by atoms with van der Waals surface area (Å²) in [7, 11) is 0. The Hall–Kier alpha value is -2.42. The van der Waals surface area contributed by atoms with Gasteiger partial charge in [0, 0.05) is 29.3 Å². The predicted octanol–water partition coefficient (Wildman–Crippen LogP) is 5.50. The molecule has 3 aromatic heterocycles. The van der Waals surface area contributed by atoms with Crippen LogP contribution in [-0.4, -0.2) is 14.5 Å². The molecule has 0 spiro atoms. The smallest absolute Gasteiger partial charge is 0.0921 e. The average molecular weight is 319 g/mol. The molecule has 0 aromatic carbocycles. The van der Waals surface area contributed by atoms with Crippen LogP contribution in [0.3, 0.4) is 0 Å². The monoisotopic (exact) mass is 319 g/mol. The number of rotatable bonds is 4. The zero-order valence-electron chi connectivity index (χ0n) is 15.2. The Morgan fingerprint density at radius 2 is 1.92 bits per heavy atom. The molecule has 3 heteroatoms. The lowest BCUT2D eigenvalue weighted by atomic mass is 10.0. The molecule has 0 amide bonds. The predicted molar refractivity (Wildman–Crippen MR) is 102 cm³/mol. The maximum Gasteiger partial charge on any atom is 0.0921 e. The zero-order valence-corrected chi connectivity index (χ0v) is 15.2. The van der Waals surface area contributed by atoms with Crippen LogP contribution < -0.4 is 0 Å². The summed E-state index contributed by atoms with van der Waals surface area (Å²) in [5.74, 6) is 0.435. The first-order chi connectivity index (χ1) is 11.5. The summed E-state index contributed by atoms with van der Waals surface area (Å²) in [4.78, 5) is 9.86. The van der Waals surface area contributed by atoms with E-state index in [0.717, 1.165) is 51.2 Å². The van der Waals surface area contributed by atoms with E-state index in [4.69, 9.17) is 9.97 Å². The Kier molecular flexibility index (Phi) is 4.27. The van der Waals surface area contributed by atoms with Gasteiger partial charge in [-0.25, -0.2) is 4.98 Å². The first kappa shape index (κ1) is 16.4. The van der Waals surface area contributed by atoms with Crippen LogP contribution in [0.4, 0.5) is 0 Å². The van der Waals surface area contributed by atoms with Gasteiger partial charge in [0.1, 0.15) is 0 Å². The molecule has 0 bridgehead atoms. The minimum absolute atomic E-state index is 0.435. The third kappa shape index (κ3) is 2.64. The van der Waals surface area contributed by atoms with E-state index in [1.54, 1.807) is 0 Å². The van der Waals surface area contributed by atoms with Crippen molar-refractivity contribution in [2.75, 3.05) is 0 Å². The van der Waals surface area contributed by atoms with Gasteiger partial charge in [0.25, 0.3) is 0 Å². The van der Waals surface area contributed by atoms with Crippen molar-refractivity contribution in [2.24, 2.45) is 0 Å². The lowest BCUT2D eigenvalue weighted by Gasteiger charge is -2.13. The van der Waals surface area contributed by atoms with E-state index in [1.807, 2.05) is 10.8 Å². The molecule has 0 fully saturated rings. The maximum absolute atomic E-state index is 4.99. The first-order valence-electron chi connectivity index (χ1n) is 8.57. The largest absolute Gasteiger partial charge is 0.322 e. The second-order valence-corrected chi connectivity index (χ2v) is 6.66. The third-order valence-electron chi connectivity index (χ3n) is 4.55. The highest BCUT2D eigenvalue weighted by Crippen LogP contribution is 2.30. The van der Waals surface area contributed by atoms with Crippen LogP contribution >= 0.6 is 0 Å². The average Bonchev–Trinajstić information content (AvgIpc) is 2.88. The van der Waals surface area contributed by atoms with Crippen molar-refractivity contribution < 1.29 is 0 Å². The van der Waals surface area contributed by atoms with Crippen LogP contribution in [0.25, 0.3) is 28.5 Å². The van der Waals surface area contributed by atoms with Crippen molar-refractivity contribution in [2.45, 2.75) is 47.0 Å². The van der Waals surface area contributed by atoms with Gasteiger partial charge in [-0.2, -0.15) is 0 Å². The maximum atomic E-state index is 4.99. The van der Waals surface area contributed by atoms with Gasteiger partial charge in [0.15, 0.2) is 0 Å². The number of nitrogens with zero attached hydrogens (tertiary/aromatic N) is 3. The standard InChI is InChI=1S/C21H25N3/c1-7-17-16(9-10-18(22-17)13(3)4)20-14(5)11-19-21(23-20)15(6)12-24(19)8-2/h8-13H,2,7H2,1,3-6H3. The summed E-state index contributed by atoms with van der Waals surface area (Å²) in [6.45, 7) is 14.6. The second kappa shape index (κ2) is 6.23. The van der Waals surface area contributed by atoms with Gasteiger partial charge >= 0.3 is 0 Å². The van der Waals surface area contributed by atoms with Crippen molar-refractivity contribution in [3.8, 4) is 11.3 Å². The van der Waals surface area contributed by atoms with E-state index in [9.17, 15) is 0 Å². The van der Waals surface area contributed by atoms with Gasteiger partial charge in [-0.05, 0) is 55.5 Å². The Morgan fingerprint density at radius 3 is 2.54 bits per heavy atom. The molecular formula is C21H25N3. The molecule has 24 heavy (non-hydrogen) atoms. The van der Waals surface area contributed by atoms with Gasteiger partial charge in [0.2, 0.25) is 0 Å². The van der Waals surface area contributed by atoms with Crippen LogP contribution in [0.5, 0.6) is 0 Å². The quantitative estimate of drug-likeness (QED) is 0.635. The number of hydrogen-bond acceptors (Lipinski definition) is 2. The van der Waals surface area contributed by atoms with Gasteiger partial charge in [-0.15, -0.1) is 0 Å². The fraction of sp³-hybridized carbons (Fsp3) is 0.333. The molecule has 3 nitrogen and oxygen atoms in total. The molecule has 0 unspecified atom stereocenters. The molecule has 0 aliphatic rings. The van der Waals surface area contributed by atoms with Crippen molar-refractivity contribution in [1.29, 1.82) is 0 Å². The molecule has 0 radical (unpaired) electrons. The minimum atomic E-state index is 0.435. The van der Waals surface area contributed by atoms with Crippen molar-refractivity contribution in [3.05, 3.63) is 53.5 Å². The van der Waals surface area contributed by atoms with Crippen molar-refractivity contribution in [3.63, 3.8) is 0 Å². The van der Waals surface area contributed by atoms with E-state index in [-0.39, 0.29) is 0 Å². The molecule has 3 heterocycles. The molecule has 0 saturated heterocycles. The van der Waals surface area contributed by atoms with E-state index >= 15 is 0 Å². The number of fused-ring (bicyclic) bond motifs is 1. The highest BCUT2D eigenvalue weighted by Gasteiger charge is 2.15. The molecular weight excluding hydrogens is 294 g/mol. The van der Waals surface area contributed by atoms with E-state index in [2.05, 4.69) is 65.6 Å². The Bertz CT molecular complexity index is 916. The summed E-state index contributed by atoms with van der Waals surface area (Å²) in [6, 6.07) is 6.51. The molecule has 0 N–H and O–H groups in total. The number of aryl methyl sites for hydroxylation is 3. The SMILES string of the molecule is C=Cn1cc(C)c2nc(-c3ccc(C(C)C)nc3CC)c(C)cc21. The Balaban J connectivity index is 2.24.